The Hall–Kier alpha value is -0.570. The fourth-order valence-electron chi connectivity index (χ4n) is 2.34. The van der Waals surface area contributed by atoms with Gasteiger partial charge in [-0.25, -0.2) is 0 Å². The SMILES string of the molecule is CCOC(=O)C(C)NC1CCCC(C)CC1. The van der Waals surface area contributed by atoms with Gasteiger partial charge in [0.05, 0.1) is 6.61 Å². The van der Waals surface area contributed by atoms with E-state index < -0.39 is 0 Å². The van der Waals surface area contributed by atoms with Crippen LogP contribution in [0, 0.1) is 5.92 Å². The zero-order chi connectivity index (χ0) is 12.0. The van der Waals surface area contributed by atoms with Gasteiger partial charge in [0.25, 0.3) is 0 Å². The van der Waals surface area contributed by atoms with Crippen LogP contribution in [0.25, 0.3) is 0 Å². The lowest BCUT2D eigenvalue weighted by Crippen LogP contribution is -2.42. The number of esters is 1. The first-order chi connectivity index (χ1) is 7.63. The van der Waals surface area contributed by atoms with Gasteiger partial charge in [-0.05, 0) is 39.0 Å². The molecule has 1 aliphatic carbocycles. The molecule has 1 fully saturated rings. The highest BCUT2D eigenvalue weighted by Crippen LogP contribution is 2.22. The standard InChI is InChI=1S/C13H25NO2/c1-4-16-13(15)11(3)14-12-7-5-6-10(2)8-9-12/h10-12,14H,4-9H2,1-3H3. The summed E-state index contributed by atoms with van der Waals surface area (Å²) in [5, 5.41) is 3.39. The van der Waals surface area contributed by atoms with Gasteiger partial charge in [0.1, 0.15) is 6.04 Å². The van der Waals surface area contributed by atoms with E-state index in [2.05, 4.69) is 12.2 Å². The van der Waals surface area contributed by atoms with Crippen LogP contribution >= 0.6 is 0 Å². The van der Waals surface area contributed by atoms with E-state index >= 15 is 0 Å². The van der Waals surface area contributed by atoms with Crippen molar-refractivity contribution in [2.45, 2.75) is 65.0 Å². The molecule has 3 nitrogen and oxygen atoms in total. The molecule has 0 aromatic carbocycles. The molecule has 0 saturated heterocycles. The van der Waals surface area contributed by atoms with Crippen LogP contribution in [0.2, 0.25) is 0 Å². The van der Waals surface area contributed by atoms with Gasteiger partial charge in [-0.15, -0.1) is 0 Å². The summed E-state index contributed by atoms with van der Waals surface area (Å²) in [6.45, 7) is 6.52. The van der Waals surface area contributed by atoms with Crippen LogP contribution in [0.5, 0.6) is 0 Å². The first kappa shape index (κ1) is 13.5. The molecule has 0 aromatic heterocycles. The number of hydrogen-bond acceptors (Lipinski definition) is 3. The molecule has 1 aliphatic rings. The van der Waals surface area contributed by atoms with E-state index in [4.69, 9.17) is 4.74 Å². The summed E-state index contributed by atoms with van der Waals surface area (Å²) in [5.41, 5.74) is 0. The summed E-state index contributed by atoms with van der Waals surface area (Å²) in [6.07, 6.45) is 6.24. The minimum absolute atomic E-state index is 0.125. The highest BCUT2D eigenvalue weighted by molar-refractivity contribution is 5.75. The molecule has 16 heavy (non-hydrogen) atoms. The van der Waals surface area contributed by atoms with Crippen molar-refractivity contribution in [3.8, 4) is 0 Å². The van der Waals surface area contributed by atoms with E-state index in [1.807, 2.05) is 13.8 Å². The van der Waals surface area contributed by atoms with Crippen molar-refractivity contribution in [3.05, 3.63) is 0 Å². The lowest BCUT2D eigenvalue weighted by Gasteiger charge is -2.20. The van der Waals surface area contributed by atoms with Gasteiger partial charge in [-0.1, -0.05) is 19.8 Å². The van der Waals surface area contributed by atoms with Crippen molar-refractivity contribution in [2.24, 2.45) is 5.92 Å². The number of hydrogen-bond donors (Lipinski definition) is 1. The van der Waals surface area contributed by atoms with Crippen LogP contribution in [0.4, 0.5) is 0 Å². The largest absolute Gasteiger partial charge is 0.465 e. The van der Waals surface area contributed by atoms with Crippen LogP contribution in [-0.2, 0) is 9.53 Å². The number of rotatable bonds is 4. The number of ether oxygens (including phenoxy) is 1. The third-order valence-corrected chi connectivity index (χ3v) is 3.38. The maximum Gasteiger partial charge on any atom is 0.322 e. The second-order valence-corrected chi connectivity index (χ2v) is 4.95. The fraction of sp³-hybridized carbons (Fsp3) is 0.923. The Kier molecular flexibility index (Phi) is 5.81. The maximum atomic E-state index is 11.5. The van der Waals surface area contributed by atoms with Gasteiger partial charge in [0.15, 0.2) is 0 Å². The average molecular weight is 227 g/mol. The highest BCUT2D eigenvalue weighted by Gasteiger charge is 2.21. The predicted molar refractivity (Wildman–Crippen MR) is 65.3 cm³/mol. The van der Waals surface area contributed by atoms with E-state index in [-0.39, 0.29) is 12.0 Å². The third kappa shape index (κ3) is 4.52. The Labute approximate surface area is 98.9 Å². The normalized spacial score (nSPS) is 28.2. The lowest BCUT2D eigenvalue weighted by atomic mass is 10.0. The molecule has 0 amide bonds. The molecule has 3 unspecified atom stereocenters. The van der Waals surface area contributed by atoms with Crippen molar-refractivity contribution in [3.63, 3.8) is 0 Å². The molecule has 0 aliphatic heterocycles. The zero-order valence-electron chi connectivity index (χ0n) is 10.8. The molecular formula is C13H25NO2. The van der Waals surface area contributed by atoms with E-state index in [1.165, 1.54) is 32.1 Å². The summed E-state index contributed by atoms with van der Waals surface area (Å²) in [5.74, 6) is 0.712. The van der Waals surface area contributed by atoms with Crippen molar-refractivity contribution in [1.29, 1.82) is 0 Å². The highest BCUT2D eigenvalue weighted by atomic mass is 16.5. The van der Waals surface area contributed by atoms with E-state index in [9.17, 15) is 4.79 Å². The number of nitrogens with one attached hydrogen (secondary N) is 1. The summed E-state index contributed by atoms with van der Waals surface area (Å²) >= 11 is 0. The average Bonchev–Trinajstić information content (AvgIpc) is 2.44. The first-order valence-corrected chi connectivity index (χ1v) is 6.56. The molecule has 94 valence electrons. The van der Waals surface area contributed by atoms with Crippen LogP contribution in [0.1, 0.15) is 52.9 Å². The van der Waals surface area contributed by atoms with Crippen LogP contribution in [0.15, 0.2) is 0 Å². The molecule has 1 N–H and O–H groups in total. The molecule has 0 bridgehead atoms. The molecule has 1 saturated carbocycles. The maximum absolute atomic E-state index is 11.5. The molecule has 3 atom stereocenters. The monoisotopic (exact) mass is 227 g/mol. The molecular weight excluding hydrogens is 202 g/mol. The minimum atomic E-state index is -0.168. The van der Waals surface area contributed by atoms with Gasteiger partial charge >= 0.3 is 5.97 Å². The number of carbonyl (C=O) groups excluding carboxylic acids is 1. The summed E-state index contributed by atoms with van der Waals surface area (Å²) in [7, 11) is 0. The van der Waals surface area contributed by atoms with Crippen molar-refractivity contribution in [1.82, 2.24) is 5.32 Å². The Balaban J connectivity index is 2.32. The van der Waals surface area contributed by atoms with Gasteiger partial charge in [-0.2, -0.15) is 0 Å². The number of carbonyl (C=O) groups is 1. The third-order valence-electron chi connectivity index (χ3n) is 3.38. The first-order valence-electron chi connectivity index (χ1n) is 6.56. The summed E-state index contributed by atoms with van der Waals surface area (Å²) in [6, 6.07) is 0.322. The minimum Gasteiger partial charge on any atom is -0.465 e. The van der Waals surface area contributed by atoms with Gasteiger partial charge in [-0.3, -0.25) is 4.79 Å². The van der Waals surface area contributed by atoms with Crippen LogP contribution < -0.4 is 5.32 Å². The lowest BCUT2D eigenvalue weighted by molar-refractivity contribution is -0.145. The Morgan fingerprint density at radius 2 is 2.12 bits per heavy atom. The smallest absolute Gasteiger partial charge is 0.322 e. The predicted octanol–water partition coefficient (Wildman–Crippen LogP) is 2.50. The molecule has 0 spiro atoms. The second kappa shape index (κ2) is 6.89. The fourth-order valence-corrected chi connectivity index (χ4v) is 2.34. The second-order valence-electron chi connectivity index (χ2n) is 4.95. The van der Waals surface area contributed by atoms with Crippen molar-refractivity contribution < 1.29 is 9.53 Å². The van der Waals surface area contributed by atoms with Crippen molar-refractivity contribution >= 4 is 5.97 Å². The Bertz CT molecular complexity index is 218. The molecule has 1 rings (SSSR count). The summed E-state index contributed by atoms with van der Waals surface area (Å²) < 4.78 is 5.00. The van der Waals surface area contributed by atoms with E-state index in [0.29, 0.717) is 12.6 Å². The van der Waals surface area contributed by atoms with Gasteiger partial charge < -0.3 is 10.1 Å². The van der Waals surface area contributed by atoms with Crippen molar-refractivity contribution in [2.75, 3.05) is 6.61 Å². The molecule has 3 heteroatoms. The van der Waals surface area contributed by atoms with Crippen LogP contribution in [-0.4, -0.2) is 24.7 Å². The Morgan fingerprint density at radius 1 is 1.38 bits per heavy atom. The Morgan fingerprint density at radius 3 is 2.81 bits per heavy atom. The molecule has 0 radical (unpaired) electrons. The van der Waals surface area contributed by atoms with E-state index in [0.717, 1.165) is 5.92 Å². The summed E-state index contributed by atoms with van der Waals surface area (Å²) in [4.78, 5) is 11.5. The topological polar surface area (TPSA) is 38.3 Å². The quantitative estimate of drug-likeness (QED) is 0.592. The van der Waals surface area contributed by atoms with E-state index in [1.54, 1.807) is 0 Å². The molecule has 0 aromatic rings. The van der Waals surface area contributed by atoms with Gasteiger partial charge in [0.2, 0.25) is 0 Å². The molecule has 0 heterocycles. The van der Waals surface area contributed by atoms with Crippen LogP contribution in [0.3, 0.4) is 0 Å². The zero-order valence-corrected chi connectivity index (χ0v) is 10.8. The van der Waals surface area contributed by atoms with Gasteiger partial charge in [0, 0.05) is 6.04 Å².